The molecule has 118 heavy (non-hydrogen) atoms. The van der Waals surface area contributed by atoms with E-state index in [1.807, 2.05) is 129 Å². The molecule has 0 radical (unpaired) electrons. The first kappa shape index (κ1) is 77.1. The van der Waals surface area contributed by atoms with Gasteiger partial charge in [-0.3, -0.25) is 24.8 Å². The molecular weight excluding hydrogens is 1480 g/mol. The Bertz CT molecular complexity index is 6330. The third kappa shape index (κ3) is 15.8. The zero-order valence-corrected chi connectivity index (χ0v) is 68.0. The molecule has 0 bridgehead atoms. The molecule has 21 rings (SSSR count). The Morgan fingerprint density at radius 1 is 0.364 bits per heavy atom. The Morgan fingerprint density at radius 3 is 1.19 bits per heavy atom. The standard InChI is InChI=1S/C26H31N7.C23H25FN6.C21H21FN6.C21H22N6/c1-19-3-4-25-23(15-19)22(5-8-27-25)24-17-29-33-18-21(16-28-26(24)33)31-9-6-20(7-10-31)32-13-11-30(2)12-14-32;1-15-10-19-18(4-7-25-22(19)11-21(15)24)20-13-27-30-14-17(12-26-23(20)30)29-8-5-16(6-9-29)28(2)3;1-13-8-17-16(2-5-24-20(17)9-19(13)22)18-11-26-28-12-15(10-25-21(18)28)27-6-3-14(23)4-7-27;1-14-10-18(17-4-2-3-5-20(17)25-14)19-12-24-27-13-16(11-23-21(19)27)26-8-6-15(22)7-9-26/h3-5,8,15-18,20H,6-7,9-14H2,1-2H3;4,7,10-14,16H,5-6,8-9H2,1-3H3;2,5,8-12,14H,3-4,6-7,23H2,1H3;2-5,10-13,15H,6-9,22H2,1H3. The maximum Gasteiger partial charge on any atom is 0.162 e. The summed E-state index contributed by atoms with van der Waals surface area (Å²) < 4.78 is 35.4. The summed E-state index contributed by atoms with van der Waals surface area (Å²) in [4.78, 5) is 53.8. The summed E-state index contributed by atoms with van der Waals surface area (Å²) >= 11 is 0. The maximum atomic E-state index is 14.0. The lowest BCUT2D eigenvalue weighted by Crippen LogP contribution is -2.52. The molecule has 5 aliphatic heterocycles. The summed E-state index contributed by atoms with van der Waals surface area (Å²) in [5.74, 6) is -0.492. The van der Waals surface area contributed by atoms with Crippen LogP contribution in [0.5, 0.6) is 0 Å². The number of halogens is 2. The van der Waals surface area contributed by atoms with Crippen molar-refractivity contribution in [2.24, 2.45) is 11.5 Å². The van der Waals surface area contributed by atoms with Crippen molar-refractivity contribution in [3.05, 3.63) is 218 Å². The minimum atomic E-state index is -0.249. The molecule has 16 aromatic rings. The van der Waals surface area contributed by atoms with Crippen LogP contribution in [0.1, 0.15) is 73.8 Å². The summed E-state index contributed by atoms with van der Waals surface area (Å²) in [6, 6.07) is 31.3. The Kier molecular flexibility index (Phi) is 21.6. The largest absolute Gasteiger partial charge is 0.369 e. The summed E-state index contributed by atoms with van der Waals surface area (Å²) in [6.07, 6.45) is 37.6. The fourth-order valence-electron chi connectivity index (χ4n) is 17.6. The van der Waals surface area contributed by atoms with Gasteiger partial charge in [0.05, 0.1) is 119 Å². The van der Waals surface area contributed by atoms with E-state index in [0.29, 0.717) is 40.3 Å². The van der Waals surface area contributed by atoms with E-state index in [0.717, 1.165) is 219 Å². The molecule has 0 saturated carbocycles. The molecule has 602 valence electrons. The summed E-state index contributed by atoms with van der Waals surface area (Å²) in [5.41, 5.74) is 34.5. The van der Waals surface area contributed by atoms with Crippen LogP contribution in [0.25, 0.3) is 111 Å². The van der Waals surface area contributed by atoms with Crippen LogP contribution < -0.4 is 31.1 Å². The van der Waals surface area contributed by atoms with Gasteiger partial charge in [0, 0.05) is 183 Å². The van der Waals surface area contributed by atoms with Crippen LogP contribution >= 0.6 is 0 Å². The predicted molar refractivity (Wildman–Crippen MR) is 466 cm³/mol. The molecule has 27 heteroatoms. The molecule has 0 aliphatic carbocycles. The van der Waals surface area contributed by atoms with Crippen molar-refractivity contribution in [1.82, 2.24) is 93.0 Å². The number of benzene rings is 4. The van der Waals surface area contributed by atoms with Crippen LogP contribution in [-0.2, 0) is 0 Å². The maximum absolute atomic E-state index is 14.0. The lowest BCUT2D eigenvalue weighted by molar-refractivity contribution is 0.0982. The topological polar surface area (TPSA) is 247 Å². The molecular formula is C91H99F2N25. The van der Waals surface area contributed by atoms with Gasteiger partial charge < -0.3 is 40.9 Å². The SMILES string of the molecule is Cc1cc(-c2cnn3cc(N4CCC(N)CC4)cnc23)c2ccccc2n1.Cc1cc2c(-c3cnn4cc(N5CCC(N(C)C)CC5)cnc34)ccnc2cc1F.Cc1cc2c(-c3cnn4cc(N5CCC(N)CC5)cnc34)ccnc2cc1F.Cc1ccc2nccc(-c3cnn4cc(N5CCC(N6CCN(C)CC6)CC5)cnc34)c2c1. The van der Waals surface area contributed by atoms with Gasteiger partial charge in [-0.1, -0.05) is 29.8 Å². The zero-order valence-electron chi connectivity index (χ0n) is 68.0. The number of aryl methyl sites for hydroxylation is 4. The van der Waals surface area contributed by atoms with Crippen molar-refractivity contribution in [2.45, 2.75) is 103 Å². The summed E-state index contributed by atoms with van der Waals surface area (Å²) in [6.45, 7) is 20.4. The van der Waals surface area contributed by atoms with E-state index in [2.05, 4.69) is 158 Å². The van der Waals surface area contributed by atoms with Crippen molar-refractivity contribution in [3.8, 4) is 44.5 Å². The summed E-state index contributed by atoms with van der Waals surface area (Å²) in [5, 5.41) is 22.4. The Balaban J connectivity index is 0.000000109. The molecule has 25 nitrogen and oxygen atoms in total. The van der Waals surface area contributed by atoms with Gasteiger partial charge in [0.1, 0.15) is 11.6 Å². The number of piperazine rings is 1. The van der Waals surface area contributed by atoms with E-state index < -0.39 is 0 Å². The number of nitrogens with zero attached hydrogens (tertiary/aromatic N) is 23. The van der Waals surface area contributed by atoms with E-state index in [9.17, 15) is 8.78 Å². The fourth-order valence-corrected chi connectivity index (χ4v) is 17.6. The average molecular weight is 1580 g/mol. The van der Waals surface area contributed by atoms with Crippen molar-refractivity contribution in [3.63, 3.8) is 0 Å². The number of hydrogen-bond acceptors (Lipinski definition) is 21. The minimum absolute atomic E-state index is 0.243. The van der Waals surface area contributed by atoms with Gasteiger partial charge in [-0.2, -0.15) is 20.4 Å². The first-order valence-electron chi connectivity index (χ1n) is 41.2. The first-order chi connectivity index (χ1) is 57.4. The Hall–Kier alpha value is -12.1. The minimum Gasteiger partial charge on any atom is -0.369 e. The van der Waals surface area contributed by atoms with E-state index in [4.69, 9.17) is 31.4 Å². The fraction of sp³-hybridized carbons (Fsp3) is 0.341. The molecule has 5 aliphatic rings. The number of rotatable bonds is 10. The molecule has 4 aromatic carbocycles. The summed E-state index contributed by atoms with van der Waals surface area (Å²) in [7, 11) is 6.53. The van der Waals surface area contributed by atoms with Crippen molar-refractivity contribution < 1.29 is 8.78 Å². The molecule has 0 unspecified atom stereocenters. The highest BCUT2D eigenvalue weighted by Crippen LogP contribution is 2.38. The number of likely N-dealkylation sites (N-methyl/N-ethyl adjacent to an activating group) is 1. The lowest BCUT2D eigenvalue weighted by Gasteiger charge is -2.42. The molecule has 4 N–H and O–H groups in total. The van der Waals surface area contributed by atoms with Crippen molar-refractivity contribution in [1.29, 1.82) is 0 Å². The number of nitrogens with two attached hydrogens (primary N) is 2. The first-order valence-corrected chi connectivity index (χ1v) is 41.2. The average Bonchev–Trinajstić information content (AvgIpc) is 1.63. The number of piperidine rings is 4. The second-order valence-electron chi connectivity index (χ2n) is 32.6. The van der Waals surface area contributed by atoms with Crippen LogP contribution in [0, 0.1) is 39.3 Å². The van der Waals surface area contributed by atoms with Crippen molar-refractivity contribution in [2.75, 3.05) is 119 Å². The molecule has 0 amide bonds. The highest BCUT2D eigenvalue weighted by molar-refractivity contribution is 6.01. The van der Waals surface area contributed by atoms with Crippen molar-refractivity contribution >= 4 is 88.9 Å². The number of fused-ring (bicyclic) bond motifs is 8. The van der Waals surface area contributed by atoms with Crippen LogP contribution in [0.2, 0.25) is 0 Å². The Labute approximate surface area is 683 Å². The Morgan fingerprint density at radius 2 is 0.754 bits per heavy atom. The monoisotopic (exact) mass is 1580 g/mol. The van der Waals surface area contributed by atoms with E-state index in [1.54, 1.807) is 26.2 Å². The number of pyridine rings is 4. The van der Waals surface area contributed by atoms with E-state index in [-0.39, 0.29) is 17.7 Å². The van der Waals surface area contributed by atoms with Gasteiger partial charge in [-0.05, 0) is 188 Å². The van der Waals surface area contributed by atoms with Gasteiger partial charge in [-0.15, -0.1) is 0 Å². The number of hydrogen-bond donors (Lipinski definition) is 2. The number of aromatic nitrogens is 16. The third-order valence-electron chi connectivity index (χ3n) is 24.6. The molecule has 12 aromatic heterocycles. The number of para-hydroxylation sites is 1. The smallest absolute Gasteiger partial charge is 0.162 e. The van der Waals surface area contributed by atoms with Crippen LogP contribution in [0.15, 0.2) is 184 Å². The van der Waals surface area contributed by atoms with Gasteiger partial charge >= 0.3 is 0 Å². The predicted octanol–water partition coefficient (Wildman–Crippen LogP) is 13.9. The number of anilines is 4. The highest BCUT2D eigenvalue weighted by atomic mass is 19.1. The van der Waals surface area contributed by atoms with Gasteiger partial charge in [0.15, 0.2) is 22.6 Å². The molecule has 0 spiro atoms. The molecule has 17 heterocycles. The highest BCUT2D eigenvalue weighted by Gasteiger charge is 2.29. The normalized spacial score (nSPS) is 16.6. The molecule has 5 saturated heterocycles. The van der Waals surface area contributed by atoms with Crippen LogP contribution in [0.4, 0.5) is 31.5 Å². The van der Waals surface area contributed by atoms with Gasteiger partial charge in [0.2, 0.25) is 0 Å². The third-order valence-corrected chi connectivity index (χ3v) is 24.6. The van der Waals surface area contributed by atoms with E-state index in [1.165, 1.54) is 56.7 Å². The quantitative estimate of drug-likeness (QED) is 0.129. The van der Waals surface area contributed by atoms with Gasteiger partial charge in [0.25, 0.3) is 0 Å². The molecule has 5 fully saturated rings. The zero-order chi connectivity index (χ0) is 80.8. The lowest BCUT2D eigenvalue weighted by atomic mass is 10.0. The van der Waals surface area contributed by atoms with Crippen LogP contribution in [-0.4, -0.2) is 217 Å². The van der Waals surface area contributed by atoms with Gasteiger partial charge in [-0.25, -0.2) is 46.8 Å². The molecule has 0 atom stereocenters. The van der Waals surface area contributed by atoms with Crippen LogP contribution in [0.3, 0.4) is 0 Å². The second kappa shape index (κ2) is 33.1. The second-order valence-corrected chi connectivity index (χ2v) is 32.6. The van der Waals surface area contributed by atoms with E-state index >= 15 is 0 Å².